The summed E-state index contributed by atoms with van der Waals surface area (Å²) in [5.74, 6) is 1.62. The molecule has 4 rings (SSSR count). The van der Waals surface area contributed by atoms with Crippen molar-refractivity contribution in [2.45, 2.75) is 12.6 Å². The minimum absolute atomic E-state index is 0.00420. The van der Waals surface area contributed by atoms with E-state index in [1.54, 1.807) is 0 Å². The lowest BCUT2D eigenvalue weighted by Crippen LogP contribution is -2.39. The molecule has 0 saturated carbocycles. The molecule has 6 heteroatoms. The summed E-state index contributed by atoms with van der Waals surface area (Å²) in [6.07, 6.45) is 0.00420. The molecule has 0 amide bonds. The highest BCUT2D eigenvalue weighted by molar-refractivity contribution is 5.76. The Morgan fingerprint density at radius 1 is 1.09 bits per heavy atom. The van der Waals surface area contributed by atoms with E-state index in [-0.39, 0.29) is 6.10 Å². The van der Waals surface area contributed by atoms with Crippen LogP contribution in [0.1, 0.15) is 5.56 Å². The van der Waals surface area contributed by atoms with Crippen LogP contribution in [0.25, 0.3) is 11.0 Å². The average Bonchev–Trinajstić information content (AvgIpc) is 3.04. The molecule has 0 fully saturated rings. The normalized spacial score (nSPS) is 16.9. The van der Waals surface area contributed by atoms with Crippen molar-refractivity contribution < 1.29 is 14.1 Å². The van der Waals surface area contributed by atoms with Crippen LogP contribution in [0.5, 0.6) is 11.5 Å². The Hall–Kier alpha value is -2.60. The first-order valence-electron chi connectivity index (χ1n) is 7.57. The standard InChI is InChI=1S/C17H17N3O3/c1-20(9-12-5-4-6-14-17(12)19-23-18-14)10-13-11-21-15-7-2-3-8-16(15)22-13/h2-8,13H,9-11H2,1H3/t13-/m1/s1. The number of fused-ring (bicyclic) bond motifs is 2. The van der Waals surface area contributed by atoms with E-state index < -0.39 is 0 Å². The van der Waals surface area contributed by atoms with Crippen molar-refractivity contribution in [1.82, 2.24) is 15.2 Å². The van der Waals surface area contributed by atoms with Gasteiger partial charge in [-0.05, 0) is 41.1 Å². The van der Waals surface area contributed by atoms with E-state index in [0.29, 0.717) is 6.61 Å². The van der Waals surface area contributed by atoms with Gasteiger partial charge in [0.05, 0.1) is 0 Å². The predicted molar refractivity (Wildman–Crippen MR) is 84.5 cm³/mol. The molecule has 0 bridgehead atoms. The van der Waals surface area contributed by atoms with Gasteiger partial charge in [-0.3, -0.25) is 4.90 Å². The average molecular weight is 311 g/mol. The van der Waals surface area contributed by atoms with Gasteiger partial charge < -0.3 is 9.47 Å². The first-order chi connectivity index (χ1) is 11.3. The van der Waals surface area contributed by atoms with Crippen molar-refractivity contribution in [3.63, 3.8) is 0 Å². The lowest BCUT2D eigenvalue weighted by Gasteiger charge is -2.29. The zero-order valence-corrected chi connectivity index (χ0v) is 12.8. The number of hydrogen-bond donors (Lipinski definition) is 0. The maximum atomic E-state index is 6.00. The van der Waals surface area contributed by atoms with Crippen LogP contribution in [0.4, 0.5) is 0 Å². The van der Waals surface area contributed by atoms with Gasteiger partial charge in [0, 0.05) is 13.1 Å². The Kier molecular flexibility index (Phi) is 3.59. The Morgan fingerprint density at radius 3 is 2.87 bits per heavy atom. The van der Waals surface area contributed by atoms with Crippen LogP contribution in [0.3, 0.4) is 0 Å². The second kappa shape index (κ2) is 5.89. The molecule has 0 spiro atoms. The summed E-state index contributed by atoms with van der Waals surface area (Å²) in [5, 5.41) is 7.86. The fourth-order valence-corrected chi connectivity index (χ4v) is 2.85. The largest absolute Gasteiger partial charge is 0.486 e. The van der Waals surface area contributed by atoms with Crippen LogP contribution in [0, 0.1) is 0 Å². The molecular weight excluding hydrogens is 294 g/mol. The number of ether oxygens (including phenoxy) is 2. The van der Waals surface area contributed by atoms with Crippen molar-refractivity contribution in [3.8, 4) is 11.5 Å². The molecule has 1 aromatic heterocycles. The number of para-hydroxylation sites is 2. The molecule has 0 radical (unpaired) electrons. The Morgan fingerprint density at radius 2 is 1.96 bits per heavy atom. The molecule has 0 saturated heterocycles. The lowest BCUT2D eigenvalue weighted by molar-refractivity contribution is 0.0639. The lowest BCUT2D eigenvalue weighted by atomic mass is 10.1. The highest BCUT2D eigenvalue weighted by atomic mass is 16.6. The minimum Gasteiger partial charge on any atom is -0.486 e. The molecule has 1 aliphatic heterocycles. The van der Waals surface area contributed by atoms with E-state index in [9.17, 15) is 0 Å². The third kappa shape index (κ3) is 2.85. The smallest absolute Gasteiger partial charge is 0.161 e. The van der Waals surface area contributed by atoms with Gasteiger partial charge in [-0.25, -0.2) is 4.63 Å². The minimum atomic E-state index is 0.00420. The van der Waals surface area contributed by atoms with E-state index in [4.69, 9.17) is 14.1 Å². The van der Waals surface area contributed by atoms with Gasteiger partial charge in [0.1, 0.15) is 23.7 Å². The SMILES string of the molecule is CN(Cc1cccc2nonc12)C[C@@H]1COc2ccccc2O1. The van der Waals surface area contributed by atoms with Gasteiger partial charge in [0.2, 0.25) is 0 Å². The van der Waals surface area contributed by atoms with E-state index in [1.165, 1.54) is 0 Å². The number of likely N-dealkylation sites (N-methyl/N-ethyl adjacent to an activating group) is 1. The molecule has 0 aliphatic carbocycles. The van der Waals surface area contributed by atoms with Gasteiger partial charge in [-0.15, -0.1) is 0 Å². The molecule has 0 N–H and O–H groups in total. The monoisotopic (exact) mass is 311 g/mol. The molecule has 1 aliphatic rings. The maximum absolute atomic E-state index is 6.00. The predicted octanol–water partition coefficient (Wildman–Crippen LogP) is 2.49. The summed E-state index contributed by atoms with van der Waals surface area (Å²) in [5.41, 5.74) is 2.68. The molecule has 0 unspecified atom stereocenters. The summed E-state index contributed by atoms with van der Waals surface area (Å²) < 4.78 is 16.6. The van der Waals surface area contributed by atoms with Crippen LogP contribution >= 0.6 is 0 Å². The Bertz CT molecular complexity index is 817. The number of benzene rings is 2. The van der Waals surface area contributed by atoms with Crippen molar-refractivity contribution in [2.24, 2.45) is 0 Å². The first-order valence-corrected chi connectivity index (χ1v) is 7.57. The molecule has 3 aromatic rings. The number of nitrogens with zero attached hydrogens (tertiary/aromatic N) is 3. The van der Waals surface area contributed by atoms with Crippen LogP contribution in [0.2, 0.25) is 0 Å². The summed E-state index contributed by atoms with van der Waals surface area (Å²) in [6.45, 7) is 2.06. The highest BCUT2D eigenvalue weighted by Crippen LogP contribution is 2.31. The van der Waals surface area contributed by atoms with Gasteiger partial charge in [0.15, 0.2) is 11.5 Å². The second-order valence-electron chi connectivity index (χ2n) is 5.74. The van der Waals surface area contributed by atoms with Gasteiger partial charge in [-0.2, -0.15) is 0 Å². The number of hydrogen-bond acceptors (Lipinski definition) is 6. The second-order valence-corrected chi connectivity index (χ2v) is 5.74. The van der Waals surface area contributed by atoms with Crippen LogP contribution in [-0.2, 0) is 6.54 Å². The van der Waals surface area contributed by atoms with E-state index >= 15 is 0 Å². The fourth-order valence-electron chi connectivity index (χ4n) is 2.85. The van der Waals surface area contributed by atoms with E-state index in [2.05, 4.69) is 22.3 Å². The Balaban J connectivity index is 1.43. The summed E-state index contributed by atoms with van der Waals surface area (Å²) in [4.78, 5) is 2.19. The third-order valence-electron chi connectivity index (χ3n) is 3.89. The van der Waals surface area contributed by atoms with Crippen molar-refractivity contribution in [2.75, 3.05) is 20.2 Å². The summed E-state index contributed by atoms with van der Waals surface area (Å²) >= 11 is 0. The molecule has 23 heavy (non-hydrogen) atoms. The van der Waals surface area contributed by atoms with Crippen molar-refractivity contribution in [3.05, 3.63) is 48.0 Å². The molecule has 6 nitrogen and oxygen atoms in total. The topological polar surface area (TPSA) is 60.6 Å². The van der Waals surface area contributed by atoms with Gasteiger partial charge in [0.25, 0.3) is 0 Å². The zero-order chi connectivity index (χ0) is 15.6. The van der Waals surface area contributed by atoms with Gasteiger partial charge >= 0.3 is 0 Å². The first kappa shape index (κ1) is 14.0. The quantitative estimate of drug-likeness (QED) is 0.738. The Labute approximate surface area is 133 Å². The third-order valence-corrected chi connectivity index (χ3v) is 3.89. The summed E-state index contributed by atoms with van der Waals surface area (Å²) in [7, 11) is 2.05. The van der Waals surface area contributed by atoms with E-state index in [1.807, 2.05) is 42.5 Å². The van der Waals surface area contributed by atoms with Crippen LogP contribution < -0.4 is 9.47 Å². The number of rotatable bonds is 4. The molecule has 1 atom stereocenters. The molecule has 118 valence electrons. The molecular formula is C17H17N3O3. The number of aromatic nitrogens is 2. The fraction of sp³-hybridized carbons (Fsp3) is 0.294. The van der Waals surface area contributed by atoms with E-state index in [0.717, 1.165) is 41.2 Å². The van der Waals surface area contributed by atoms with Crippen LogP contribution in [0.15, 0.2) is 47.1 Å². The van der Waals surface area contributed by atoms with Crippen molar-refractivity contribution in [1.29, 1.82) is 0 Å². The summed E-state index contributed by atoms with van der Waals surface area (Å²) in [6, 6.07) is 13.7. The van der Waals surface area contributed by atoms with Crippen LogP contribution in [-0.4, -0.2) is 41.5 Å². The van der Waals surface area contributed by atoms with Crippen molar-refractivity contribution >= 4 is 11.0 Å². The molecule has 2 heterocycles. The van der Waals surface area contributed by atoms with Gasteiger partial charge in [-0.1, -0.05) is 24.3 Å². The molecule has 2 aromatic carbocycles. The maximum Gasteiger partial charge on any atom is 0.161 e. The highest BCUT2D eigenvalue weighted by Gasteiger charge is 2.22. The zero-order valence-electron chi connectivity index (χ0n) is 12.8.